The van der Waals surface area contributed by atoms with E-state index < -0.39 is 6.04 Å². The van der Waals surface area contributed by atoms with Crippen LogP contribution in [-0.4, -0.2) is 53.9 Å². The van der Waals surface area contributed by atoms with Crippen molar-refractivity contribution in [1.29, 1.82) is 0 Å². The molecule has 1 fully saturated rings. The number of hydrogen-bond donors (Lipinski definition) is 2. The minimum atomic E-state index is -0.486. The molecule has 1 aliphatic heterocycles. The number of piperidine rings is 1. The molecule has 6 heteroatoms. The molecule has 2 rings (SSSR count). The summed E-state index contributed by atoms with van der Waals surface area (Å²) < 4.78 is 0. The van der Waals surface area contributed by atoms with Gasteiger partial charge in [-0.2, -0.15) is 11.8 Å². The fourth-order valence-electron chi connectivity index (χ4n) is 2.75. The molecular weight excluding hydrogens is 310 g/mol. The molecule has 126 valence electrons. The SMILES string of the molecule is CSCCC(NC(=O)c1ccccc1)C(=O)N1CCCC(N)C1. The molecule has 1 aliphatic rings. The summed E-state index contributed by atoms with van der Waals surface area (Å²) in [6.45, 7) is 1.30. The van der Waals surface area contributed by atoms with E-state index >= 15 is 0 Å². The van der Waals surface area contributed by atoms with Gasteiger partial charge in [0.2, 0.25) is 5.91 Å². The van der Waals surface area contributed by atoms with Crippen molar-refractivity contribution in [3.63, 3.8) is 0 Å². The highest BCUT2D eigenvalue weighted by Crippen LogP contribution is 2.12. The van der Waals surface area contributed by atoms with E-state index in [1.807, 2.05) is 24.5 Å². The summed E-state index contributed by atoms with van der Waals surface area (Å²) in [5, 5.41) is 2.90. The Morgan fingerprint density at radius 3 is 2.78 bits per heavy atom. The molecule has 0 aliphatic carbocycles. The second kappa shape index (κ2) is 8.93. The zero-order valence-corrected chi connectivity index (χ0v) is 14.3. The molecule has 23 heavy (non-hydrogen) atoms. The molecule has 0 spiro atoms. The maximum atomic E-state index is 12.8. The van der Waals surface area contributed by atoms with Crippen molar-refractivity contribution in [3.05, 3.63) is 35.9 Å². The number of likely N-dealkylation sites (tertiary alicyclic amines) is 1. The lowest BCUT2D eigenvalue weighted by Crippen LogP contribution is -2.53. The standard InChI is InChI=1S/C17H25N3O2S/c1-23-11-9-15(17(22)20-10-5-8-14(18)12-20)19-16(21)13-6-3-2-4-7-13/h2-4,6-7,14-15H,5,8-12,18H2,1H3,(H,19,21). The van der Waals surface area contributed by atoms with Crippen molar-refractivity contribution in [2.45, 2.75) is 31.3 Å². The number of nitrogens with zero attached hydrogens (tertiary/aromatic N) is 1. The van der Waals surface area contributed by atoms with Gasteiger partial charge in [-0.25, -0.2) is 0 Å². The summed E-state index contributed by atoms with van der Waals surface area (Å²) in [5.74, 6) is 0.607. The van der Waals surface area contributed by atoms with Crippen molar-refractivity contribution < 1.29 is 9.59 Å². The van der Waals surface area contributed by atoms with Crippen molar-refractivity contribution in [1.82, 2.24) is 10.2 Å². The number of carbonyl (C=O) groups is 2. The molecule has 1 aromatic rings. The average molecular weight is 335 g/mol. The molecule has 0 bridgehead atoms. The molecule has 3 N–H and O–H groups in total. The van der Waals surface area contributed by atoms with Gasteiger partial charge in [0.25, 0.3) is 5.91 Å². The molecule has 1 saturated heterocycles. The van der Waals surface area contributed by atoms with Crippen LogP contribution in [0, 0.1) is 0 Å². The molecule has 1 heterocycles. The quantitative estimate of drug-likeness (QED) is 0.826. The zero-order chi connectivity index (χ0) is 16.7. The third kappa shape index (κ3) is 5.25. The Morgan fingerprint density at radius 1 is 1.39 bits per heavy atom. The number of benzene rings is 1. The molecule has 0 saturated carbocycles. The van der Waals surface area contributed by atoms with Crippen LogP contribution in [0.4, 0.5) is 0 Å². The van der Waals surface area contributed by atoms with Crippen LogP contribution >= 0.6 is 11.8 Å². The third-order valence-electron chi connectivity index (χ3n) is 4.02. The van der Waals surface area contributed by atoms with Crippen LogP contribution in [0.2, 0.25) is 0 Å². The zero-order valence-electron chi connectivity index (χ0n) is 13.5. The molecule has 2 unspecified atom stereocenters. The maximum Gasteiger partial charge on any atom is 0.251 e. The Hall–Kier alpha value is -1.53. The molecule has 1 aromatic carbocycles. The maximum absolute atomic E-state index is 12.8. The highest BCUT2D eigenvalue weighted by molar-refractivity contribution is 7.98. The number of amides is 2. The Bertz CT molecular complexity index is 524. The fraction of sp³-hybridized carbons (Fsp3) is 0.529. The van der Waals surface area contributed by atoms with Gasteiger partial charge in [-0.05, 0) is 43.4 Å². The van der Waals surface area contributed by atoms with Crippen molar-refractivity contribution >= 4 is 23.6 Å². The summed E-state index contributed by atoms with van der Waals surface area (Å²) in [5.41, 5.74) is 6.54. The number of thioether (sulfide) groups is 1. The van der Waals surface area contributed by atoms with Gasteiger partial charge in [0.05, 0.1) is 0 Å². The Kier molecular flexibility index (Phi) is 6.92. The van der Waals surface area contributed by atoms with Gasteiger partial charge in [-0.15, -0.1) is 0 Å². The highest BCUT2D eigenvalue weighted by Gasteiger charge is 2.28. The van der Waals surface area contributed by atoms with E-state index in [1.165, 1.54) is 0 Å². The predicted molar refractivity (Wildman–Crippen MR) is 94.5 cm³/mol. The smallest absolute Gasteiger partial charge is 0.251 e. The average Bonchev–Trinajstić information content (AvgIpc) is 2.58. The highest BCUT2D eigenvalue weighted by atomic mass is 32.2. The minimum absolute atomic E-state index is 0.0153. The van der Waals surface area contributed by atoms with Gasteiger partial charge >= 0.3 is 0 Å². The number of nitrogens with two attached hydrogens (primary N) is 1. The lowest BCUT2D eigenvalue weighted by atomic mass is 10.0. The summed E-state index contributed by atoms with van der Waals surface area (Å²) in [6, 6.07) is 8.56. The van der Waals surface area contributed by atoms with Gasteiger partial charge < -0.3 is 16.0 Å². The molecule has 2 amide bonds. The topological polar surface area (TPSA) is 75.4 Å². The number of carbonyl (C=O) groups excluding carboxylic acids is 2. The van der Waals surface area contributed by atoms with Crippen LogP contribution in [0.3, 0.4) is 0 Å². The first-order valence-electron chi connectivity index (χ1n) is 8.01. The van der Waals surface area contributed by atoms with Crippen molar-refractivity contribution in [3.8, 4) is 0 Å². The van der Waals surface area contributed by atoms with Crippen LogP contribution < -0.4 is 11.1 Å². The van der Waals surface area contributed by atoms with Gasteiger partial charge in [0.15, 0.2) is 0 Å². The first kappa shape index (κ1) is 17.8. The number of hydrogen-bond acceptors (Lipinski definition) is 4. The van der Waals surface area contributed by atoms with Gasteiger partial charge in [-0.1, -0.05) is 18.2 Å². The van der Waals surface area contributed by atoms with Crippen LogP contribution in [0.25, 0.3) is 0 Å². The van der Waals surface area contributed by atoms with Crippen LogP contribution in [-0.2, 0) is 4.79 Å². The third-order valence-corrected chi connectivity index (χ3v) is 4.66. The predicted octanol–water partition coefficient (Wildman–Crippen LogP) is 1.49. The van der Waals surface area contributed by atoms with E-state index in [0.29, 0.717) is 18.5 Å². The molecule has 0 aromatic heterocycles. The van der Waals surface area contributed by atoms with E-state index in [1.54, 1.807) is 28.8 Å². The monoisotopic (exact) mass is 335 g/mol. The largest absolute Gasteiger partial charge is 0.340 e. The molecule has 0 radical (unpaired) electrons. The first-order valence-corrected chi connectivity index (χ1v) is 9.40. The minimum Gasteiger partial charge on any atom is -0.340 e. The van der Waals surface area contributed by atoms with Gasteiger partial charge in [-0.3, -0.25) is 9.59 Å². The van der Waals surface area contributed by atoms with E-state index in [2.05, 4.69) is 5.32 Å². The normalized spacial score (nSPS) is 19.2. The van der Waals surface area contributed by atoms with E-state index in [9.17, 15) is 9.59 Å². The van der Waals surface area contributed by atoms with E-state index in [0.717, 1.165) is 25.1 Å². The summed E-state index contributed by atoms with van der Waals surface area (Å²) in [7, 11) is 0. The second-order valence-corrected chi connectivity index (χ2v) is 6.85. The first-order chi connectivity index (χ1) is 11.1. The van der Waals surface area contributed by atoms with Crippen molar-refractivity contribution in [2.75, 3.05) is 25.1 Å². The lowest BCUT2D eigenvalue weighted by Gasteiger charge is -2.33. The lowest BCUT2D eigenvalue weighted by molar-refractivity contribution is -0.134. The van der Waals surface area contributed by atoms with Gasteiger partial charge in [0.1, 0.15) is 6.04 Å². The fourth-order valence-corrected chi connectivity index (χ4v) is 3.23. The van der Waals surface area contributed by atoms with Crippen LogP contribution in [0.15, 0.2) is 30.3 Å². The molecule has 2 atom stereocenters. The number of rotatable bonds is 6. The number of nitrogens with one attached hydrogen (secondary N) is 1. The van der Waals surface area contributed by atoms with Crippen molar-refractivity contribution in [2.24, 2.45) is 5.73 Å². The van der Waals surface area contributed by atoms with Crippen LogP contribution in [0.5, 0.6) is 0 Å². The molecular formula is C17H25N3O2S. The van der Waals surface area contributed by atoms with Crippen LogP contribution in [0.1, 0.15) is 29.6 Å². The van der Waals surface area contributed by atoms with E-state index in [-0.39, 0.29) is 17.9 Å². The summed E-state index contributed by atoms with van der Waals surface area (Å²) >= 11 is 1.67. The Labute approximate surface area is 142 Å². The molecule has 5 nitrogen and oxygen atoms in total. The summed E-state index contributed by atoms with van der Waals surface area (Å²) in [6.07, 6.45) is 4.51. The Morgan fingerprint density at radius 2 is 2.13 bits per heavy atom. The van der Waals surface area contributed by atoms with E-state index in [4.69, 9.17) is 5.73 Å². The van der Waals surface area contributed by atoms with Gasteiger partial charge in [0, 0.05) is 24.7 Å². The Balaban J connectivity index is 2.03. The summed E-state index contributed by atoms with van der Waals surface area (Å²) in [4.78, 5) is 26.9. The second-order valence-electron chi connectivity index (χ2n) is 5.86.